The first-order chi connectivity index (χ1) is 20.7. The molecule has 0 amide bonds. The molecule has 8 rings (SSSR count). The van der Waals surface area contributed by atoms with Crippen molar-refractivity contribution < 1.29 is 4.42 Å². The number of halogens is 1. The van der Waals surface area contributed by atoms with Gasteiger partial charge in [-0.2, -0.15) is 0 Å². The van der Waals surface area contributed by atoms with Crippen LogP contribution in [0, 0.1) is 0 Å². The Morgan fingerprint density at radius 1 is 0.452 bits per heavy atom. The summed E-state index contributed by atoms with van der Waals surface area (Å²) in [6.45, 7) is 0. The lowest BCUT2D eigenvalue weighted by Gasteiger charge is -2.11. The Balaban J connectivity index is 1.27. The molecular weight excluding hydrogens is 536 g/mol. The topological polar surface area (TPSA) is 38.9 Å². The van der Waals surface area contributed by atoms with E-state index in [9.17, 15) is 0 Å². The number of fused-ring (bicyclic) bond motifs is 5. The Bertz CT molecular complexity index is 2250. The van der Waals surface area contributed by atoms with E-state index in [0.29, 0.717) is 10.8 Å². The van der Waals surface area contributed by atoms with Crippen LogP contribution in [0.3, 0.4) is 0 Å². The van der Waals surface area contributed by atoms with Gasteiger partial charge >= 0.3 is 0 Å². The molecule has 4 heteroatoms. The molecule has 8 aromatic rings. The third kappa shape index (κ3) is 4.32. The maximum atomic E-state index is 6.24. The van der Waals surface area contributed by atoms with E-state index in [2.05, 4.69) is 78.9 Å². The van der Waals surface area contributed by atoms with Crippen LogP contribution in [0.5, 0.6) is 0 Å². The first-order valence-electron chi connectivity index (χ1n) is 13.8. The highest BCUT2D eigenvalue weighted by Gasteiger charge is 2.14. The molecule has 3 nitrogen and oxygen atoms in total. The van der Waals surface area contributed by atoms with Gasteiger partial charge in [0.1, 0.15) is 11.2 Å². The van der Waals surface area contributed by atoms with Crippen molar-refractivity contribution in [1.82, 2.24) is 9.97 Å². The zero-order valence-corrected chi connectivity index (χ0v) is 23.2. The van der Waals surface area contributed by atoms with Crippen molar-refractivity contribution in [3.05, 3.63) is 145 Å². The second kappa shape index (κ2) is 9.99. The molecule has 0 bridgehead atoms. The van der Waals surface area contributed by atoms with Gasteiger partial charge in [0.2, 0.25) is 0 Å². The summed E-state index contributed by atoms with van der Waals surface area (Å²) in [7, 11) is 0. The molecule has 0 aliphatic rings. The summed E-state index contributed by atoms with van der Waals surface area (Å²) in [5, 5.41) is 5.36. The fraction of sp³-hybridized carbons (Fsp3) is 0. The third-order valence-electron chi connectivity index (χ3n) is 7.75. The highest BCUT2D eigenvalue weighted by Crippen LogP contribution is 2.37. The molecule has 0 atom stereocenters. The number of nitrogens with zero attached hydrogens (tertiary/aromatic N) is 2. The van der Waals surface area contributed by atoms with Gasteiger partial charge < -0.3 is 4.42 Å². The molecule has 0 aliphatic heterocycles. The van der Waals surface area contributed by atoms with Gasteiger partial charge in [-0.3, -0.25) is 0 Å². The lowest BCUT2D eigenvalue weighted by molar-refractivity contribution is 0.669. The van der Waals surface area contributed by atoms with Crippen LogP contribution in [0.4, 0.5) is 0 Å². The fourth-order valence-electron chi connectivity index (χ4n) is 5.66. The summed E-state index contributed by atoms with van der Waals surface area (Å²) in [5.74, 6) is 0.682. The van der Waals surface area contributed by atoms with Crippen LogP contribution >= 0.6 is 11.6 Å². The van der Waals surface area contributed by atoms with Crippen LogP contribution in [0.15, 0.2) is 144 Å². The highest BCUT2D eigenvalue weighted by molar-refractivity contribution is 6.30. The molecule has 0 aliphatic carbocycles. The van der Waals surface area contributed by atoms with Crippen molar-refractivity contribution in [3.63, 3.8) is 0 Å². The quantitative estimate of drug-likeness (QED) is 0.215. The summed E-state index contributed by atoms with van der Waals surface area (Å²) >= 11 is 6.18. The van der Waals surface area contributed by atoms with E-state index in [1.54, 1.807) is 0 Å². The minimum Gasteiger partial charge on any atom is -0.456 e. The van der Waals surface area contributed by atoms with Gasteiger partial charge in [0.25, 0.3) is 0 Å². The maximum Gasteiger partial charge on any atom is 0.160 e. The molecule has 0 fully saturated rings. The van der Waals surface area contributed by atoms with Crippen molar-refractivity contribution in [2.45, 2.75) is 0 Å². The van der Waals surface area contributed by atoms with Crippen LogP contribution < -0.4 is 0 Å². The van der Waals surface area contributed by atoms with Crippen molar-refractivity contribution in [3.8, 4) is 45.0 Å². The van der Waals surface area contributed by atoms with Crippen molar-refractivity contribution in [2.75, 3.05) is 0 Å². The Hall–Kier alpha value is -5.25. The average Bonchev–Trinajstić information content (AvgIpc) is 3.44. The molecule has 6 aromatic carbocycles. The number of hydrogen-bond donors (Lipinski definition) is 0. The molecule has 198 valence electrons. The number of aromatic nitrogens is 2. The molecule has 0 saturated carbocycles. The maximum absolute atomic E-state index is 6.24. The third-order valence-corrected chi connectivity index (χ3v) is 8.00. The molecule has 0 N–H and O–H groups in total. The number of benzene rings is 6. The van der Waals surface area contributed by atoms with E-state index >= 15 is 0 Å². The second-order valence-electron chi connectivity index (χ2n) is 10.4. The molecule has 0 spiro atoms. The summed E-state index contributed by atoms with van der Waals surface area (Å²) in [6, 6.07) is 47.5. The molecule has 2 heterocycles. The van der Waals surface area contributed by atoms with E-state index in [1.165, 1.54) is 10.8 Å². The van der Waals surface area contributed by atoms with Gasteiger partial charge in [-0.1, -0.05) is 109 Å². The molecule has 0 unspecified atom stereocenters. The fourth-order valence-corrected chi connectivity index (χ4v) is 5.79. The predicted octanol–water partition coefficient (Wildman–Crippen LogP) is 10.9. The number of furan rings is 1. The van der Waals surface area contributed by atoms with E-state index < -0.39 is 0 Å². The van der Waals surface area contributed by atoms with Crippen molar-refractivity contribution in [1.29, 1.82) is 0 Å². The summed E-state index contributed by atoms with van der Waals surface area (Å²) in [5.41, 5.74) is 8.69. The van der Waals surface area contributed by atoms with E-state index in [0.717, 1.165) is 61.1 Å². The van der Waals surface area contributed by atoms with Crippen LogP contribution in [0.1, 0.15) is 0 Å². The zero-order valence-electron chi connectivity index (χ0n) is 22.5. The SMILES string of the molecule is Clc1ccc(-c2cc(-c3cccc(-c4ccc5oc6ccc7ccccc7c6c5c4)c3)nc(-c3ccccc3)n2)cc1. The Morgan fingerprint density at radius 2 is 1.12 bits per heavy atom. The van der Waals surface area contributed by atoms with Gasteiger partial charge in [-0.25, -0.2) is 9.97 Å². The van der Waals surface area contributed by atoms with E-state index in [1.807, 2.05) is 60.7 Å². The Kier molecular flexibility index (Phi) is 5.83. The predicted molar refractivity (Wildman–Crippen MR) is 174 cm³/mol. The monoisotopic (exact) mass is 558 g/mol. The normalized spacial score (nSPS) is 11.5. The van der Waals surface area contributed by atoms with Crippen molar-refractivity contribution >= 4 is 44.3 Å². The summed E-state index contributed by atoms with van der Waals surface area (Å²) < 4.78 is 6.24. The van der Waals surface area contributed by atoms with Crippen LogP contribution in [-0.4, -0.2) is 9.97 Å². The minimum atomic E-state index is 0.682. The molecule has 0 saturated heterocycles. The Labute approximate surface area is 247 Å². The molecule has 42 heavy (non-hydrogen) atoms. The number of hydrogen-bond acceptors (Lipinski definition) is 3. The summed E-state index contributed by atoms with van der Waals surface area (Å²) in [4.78, 5) is 9.94. The van der Waals surface area contributed by atoms with Gasteiger partial charge in [0.05, 0.1) is 11.4 Å². The Morgan fingerprint density at radius 3 is 1.98 bits per heavy atom. The smallest absolute Gasteiger partial charge is 0.160 e. The lowest BCUT2D eigenvalue weighted by atomic mass is 9.98. The van der Waals surface area contributed by atoms with Crippen LogP contribution in [-0.2, 0) is 0 Å². The van der Waals surface area contributed by atoms with E-state index in [4.69, 9.17) is 26.0 Å². The van der Waals surface area contributed by atoms with E-state index in [-0.39, 0.29) is 0 Å². The van der Waals surface area contributed by atoms with Crippen LogP contribution in [0.2, 0.25) is 5.02 Å². The largest absolute Gasteiger partial charge is 0.456 e. The standard InChI is InChI=1S/C38H23ClN2O/c39-30-17-13-25(14-18-30)33-23-34(41-38(40-33)26-8-2-1-3-9-26)29-11-6-10-27(21-29)28-16-19-35-32(22-28)37-31-12-5-4-7-24(31)15-20-36(37)42-35/h1-23H. The zero-order chi connectivity index (χ0) is 28.0. The molecule has 2 aromatic heterocycles. The number of rotatable bonds is 4. The molecule has 0 radical (unpaired) electrons. The van der Waals surface area contributed by atoms with Gasteiger partial charge in [-0.05, 0) is 64.4 Å². The minimum absolute atomic E-state index is 0.682. The van der Waals surface area contributed by atoms with Crippen LogP contribution in [0.25, 0.3) is 77.7 Å². The first-order valence-corrected chi connectivity index (χ1v) is 14.2. The molecular formula is C38H23ClN2O. The average molecular weight is 559 g/mol. The van der Waals surface area contributed by atoms with Gasteiger partial charge in [0, 0.05) is 32.5 Å². The first kappa shape index (κ1) is 24.5. The summed E-state index contributed by atoms with van der Waals surface area (Å²) in [6.07, 6.45) is 0. The van der Waals surface area contributed by atoms with Crippen molar-refractivity contribution in [2.24, 2.45) is 0 Å². The van der Waals surface area contributed by atoms with Gasteiger partial charge in [0.15, 0.2) is 5.82 Å². The van der Waals surface area contributed by atoms with Gasteiger partial charge in [-0.15, -0.1) is 0 Å². The highest BCUT2D eigenvalue weighted by atomic mass is 35.5. The second-order valence-corrected chi connectivity index (χ2v) is 10.8. The lowest BCUT2D eigenvalue weighted by Crippen LogP contribution is -1.96.